The maximum Gasteiger partial charge on any atom is 0.270 e. The zero-order valence-corrected chi connectivity index (χ0v) is 14.1. The van der Waals surface area contributed by atoms with E-state index in [0.717, 1.165) is 11.1 Å². The van der Waals surface area contributed by atoms with E-state index in [1.54, 1.807) is 23.2 Å². The molecule has 7 nitrogen and oxygen atoms in total. The number of aromatic amines is 2. The number of amides is 1. The van der Waals surface area contributed by atoms with Gasteiger partial charge in [0.05, 0.1) is 18.2 Å². The van der Waals surface area contributed by atoms with Gasteiger partial charge in [0, 0.05) is 30.4 Å². The van der Waals surface area contributed by atoms with Crippen LogP contribution in [0.5, 0.6) is 0 Å². The lowest BCUT2D eigenvalue weighted by molar-refractivity contribution is 0.0299. The van der Waals surface area contributed by atoms with Gasteiger partial charge in [0.15, 0.2) is 0 Å². The lowest BCUT2D eigenvalue weighted by Gasteiger charge is -2.26. The van der Waals surface area contributed by atoms with Crippen LogP contribution in [0.25, 0.3) is 22.5 Å². The van der Waals surface area contributed by atoms with Crippen LogP contribution >= 0.6 is 11.6 Å². The maximum atomic E-state index is 12.6. The Morgan fingerprint density at radius 2 is 1.92 bits per heavy atom. The zero-order chi connectivity index (χ0) is 17.2. The van der Waals surface area contributed by atoms with Crippen molar-refractivity contribution < 1.29 is 9.53 Å². The van der Waals surface area contributed by atoms with Gasteiger partial charge in [-0.15, -0.1) is 0 Å². The third-order valence-electron chi connectivity index (χ3n) is 4.16. The number of hydrogen-bond acceptors (Lipinski definition) is 4. The second kappa shape index (κ2) is 6.70. The largest absolute Gasteiger partial charge is 0.378 e. The average molecular weight is 358 g/mol. The number of ether oxygens (including phenoxy) is 1. The van der Waals surface area contributed by atoms with Gasteiger partial charge in [-0.25, -0.2) is 0 Å². The second-order valence-corrected chi connectivity index (χ2v) is 6.11. The molecule has 1 aromatic carbocycles. The van der Waals surface area contributed by atoms with Crippen molar-refractivity contribution in [3.05, 3.63) is 47.2 Å². The number of morpholine rings is 1. The number of nitrogens with one attached hydrogen (secondary N) is 2. The smallest absolute Gasteiger partial charge is 0.270 e. The number of benzene rings is 1. The molecule has 1 amide bonds. The highest BCUT2D eigenvalue weighted by molar-refractivity contribution is 6.33. The van der Waals surface area contributed by atoms with Crippen LogP contribution in [-0.2, 0) is 4.74 Å². The first-order valence-corrected chi connectivity index (χ1v) is 8.33. The molecule has 1 saturated heterocycles. The highest BCUT2D eigenvalue weighted by Gasteiger charge is 2.22. The van der Waals surface area contributed by atoms with E-state index in [-0.39, 0.29) is 5.91 Å². The number of aromatic nitrogens is 4. The predicted octanol–water partition coefficient (Wildman–Crippen LogP) is 2.59. The lowest BCUT2D eigenvalue weighted by atomic mass is 10.1. The third-order valence-corrected chi connectivity index (χ3v) is 4.49. The predicted molar refractivity (Wildman–Crippen MR) is 93.3 cm³/mol. The molecular weight excluding hydrogens is 342 g/mol. The molecule has 25 heavy (non-hydrogen) atoms. The van der Waals surface area contributed by atoms with E-state index in [0.29, 0.717) is 48.4 Å². The van der Waals surface area contributed by atoms with Crippen LogP contribution in [0.3, 0.4) is 0 Å². The summed E-state index contributed by atoms with van der Waals surface area (Å²) < 4.78 is 5.29. The van der Waals surface area contributed by atoms with Crippen molar-refractivity contribution in [2.45, 2.75) is 0 Å². The molecule has 0 bridgehead atoms. The van der Waals surface area contributed by atoms with Gasteiger partial charge in [0.25, 0.3) is 5.91 Å². The van der Waals surface area contributed by atoms with Crippen molar-refractivity contribution in [3.63, 3.8) is 0 Å². The Bertz CT molecular complexity index is 898. The highest BCUT2D eigenvalue weighted by Crippen LogP contribution is 2.33. The topological polar surface area (TPSA) is 86.9 Å². The quantitative estimate of drug-likeness (QED) is 0.754. The SMILES string of the molecule is O=C(c1cc(-c2n[nH]nc2-c2ccccc2Cl)c[nH]1)N1CCOCC1. The van der Waals surface area contributed by atoms with Crippen LogP contribution in [0.4, 0.5) is 0 Å². The normalized spacial score (nSPS) is 14.7. The van der Waals surface area contributed by atoms with E-state index >= 15 is 0 Å². The Balaban J connectivity index is 1.64. The monoisotopic (exact) mass is 357 g/mol. The average Bonchev–Trinajstić information content (AvgIpc) is 3.31. The summed E-state index contributed by atoms with van der Waals surface area (Å²) in [5, 5.41) is 11.7. The number of halogens is 1. The molecule has 1 aliphatic heterocycles. The first kappa shape index (κ1) is 15.9. The molecule has 2 aromatic heterocycles. The molecule has 0 unspecified atom stereocenters. The van der Waals surface area contributed by atoms with Gasteiger partial charge in [0.2, 0.25) is 0 Å². The second-order valence-electron chi connectivity index (χ2n) is 5.71. The Hall–Kier alpha value is -2.64. The summed E-state index contributed by atoms with van der Waals surface area (Å²) in [6.07, 6.45) is 1.76. The molecule has 0 atom stereocenters. The number of carbonyl (C=O) groups excluding carboxylic acids is 1. The molecule has 128 valence electrons. The zero-order valence-electron chi connectivity index (χ0n) is 13.3. The van der Waals surface area contributed by atoms with Crippen molar-refractivity contribution in [2.75, 3.05) is 26.3 Å². The maximum absolute atomic E-state index is 12.6. The van der Waals surface area contributed by atoms with Gasteiger partial charge in [-0.05, 0) is 12.1 Å². The fourth-order valence-corrected chi connectivity index (χ4v) is 3.09. The molecule has 0 spiro atoms. The van der Waals surface area contributed by atoms with Crippen molar-refractivity contribution in [1.82, 2.24) is 25.3 Å². The van der Waals surface area contributed by atoms with Crippen molar-refractivity contribution >= 4 is 17.5 Å². The Labute approximate surface area is 148 Å². The summed E-state index contributed by atoms with van der Waals surface area (Å²) in [5.41, 5.74) is 3.38. The number of hydrogen-bond donors (Lipinski definition) is 2. The van der Waals surface area contributed by atoms with Gasteiger partial charge in [-0.1, -0.05) is 29.8 Å². The molecule has 3 heterocycles. The highest BCUT2D eigenvalue weighted by atomic mass is 35.5. The number of nitrogens with zero attached hydrogens (tertiary/aromatic N) is 3. The molecule has 0 saturated carbocycles. The van der Waals surface area contributed by atoms with E-state index in [2.05, 4.69) is 20.4 Å². The standard InChI is InChI=1S/C17H16ClN5O2/c18-13-4-2-1-3-12(13)16-15(20-22-21-16)11-9-14(19-10-11)17(24)23-5-7-25-8-6-23/h1-4,9-10,19H,5-8H2,(H,20,21,22). The fourth-order valence-electron chi connectivity index (χ4n) is 2.86. The van der Waals surface area contributed by atoms with E-state index in [9.17, 15) is 4.79 Å². The molecule has 4 rings (SSSR count). The van der Waals surface area contributed by atoms with Crippen LogP contribution in [0, 0.1) is 0 Å². The van der Waals surface area contributed by atoms with Crippen LogP contribution in [0.1, 0.15) is 10.5 Å². The third kappa shape index (κ3) is 3.04. The Kier molecular flexibility index (Phi) is 4.25. The minimum atomic E-state index is -0.0441. The van der Waals surface area contributed by atoms with E-state index in [1.807, 2.05) is 18.2 Å². The molecule has 1 fully saturated rings. The molecular formula is C17H16ClN5O2. The molecule has 1 aliphatic rings. The van der Waals surface area contributed by atoms with Gasteiger partial charge >= 0.3 is 0 Å². The number of carbonyl (C=O) groups is 1. The van der Waals surface area contributed by atoms with E-state index in [1.165, 1.54) is 0 Å². The van der Waals surface area contributed by atoms with Crippen LogP contribution in [0.15, 0.2) is 36.5 Å². The summed E-state index contributed by atoms with van der Waals surface area (Å²) >= 11 is 6.27. The van der Waals surface area contributed by atoms with Crippen LogP contribution in [-0.4, -0.2) is 57.5 Å². The van der Waals surface area contributed by atoms with Crippen LogP contribution < -0.4 is 0 Å². The fraction of sp³-hybridized carbons (Fsp3) is 0.235. The number of rotatable bonds is 3. The summed E-state index contributed by atoms with van der Waals surface area (Å²) in [6, 6.07) is 9.23. The van der Waals surface area contributed by atoms with E-state index < -0.39 is 0 Å². The first-order valence-electron chi connectivity index (χ1n) is 7.95. The van der Waals surface area contributed by atoms with Crippen molar-refractivity contribution in [3.8, 4) is 22.5 Å². The van der Waals surface area contributed by atoms with Crippen molar-refractivity contribution in [2.24, 2.45) is 0 Å². The van der Waals surface area contributed by atoms with Gasteiger partial charge in [-0.3, -0.25) is 4.79 Å². The molecule has 8 heteroatoms. The van der Waals surface area contributed by atoms with Gasteiger partial charge in [0.1, 0.15) is 17.1 Å². The molecule has 0 aliphatic carbocycles. The minimum absolute atomic E-state index is 0.0441. The Morgan fingerprint density at radius 1 is 1.16 bits per heavy atom. The summed E-state index contributed by atoms with van der Waals surface area (Å²) in [4.78, 5) is 17.4. The summed E-state index contributed by atoms with van der Waals surface area (Å²) in [6.45, 7) is 2.34. The van der Waals surface area contributed by atoms with Crippen LogP contribution in [0.2, 0.25) is 5.02 Å². The van der Waals surface area contributed by atoms with E-state index in [4.69, 9.17) is 16.3 Å². The van der Waals surface area contributed by atoms with Gasteiger partial charge in [-0.2, -0.15) is 15.4 Å². The first-order chi connectivity index (χ1) is 12.2. The summed E-state index contributed by atoms with van der Waals surface area (Å²) in [7, 11) is 0. The summed E-state index contributed by atoms with van der Waals surface area (Å²) in [5.74, 6) is -0.0441. The molecule has 3 aromatic rings. The molecule has 0 radical (unpaired) electrons. The van der Waals surface area contributed by atoms with Gasteiger partial charge < -0.3 is 14.6 Å². The molecule has 2 N–H and O–H groups in total. The number of H-pyrrole nitrogens is 2. The Morgan fingerprint density at radius 3 is 2.72 bits per heavy atom. The minimum Gasteiger partial charge on any atom is -0.378 e. The lowest BCUT2D eigenvalue weighted by Crippen LogP contribution is -2.40. The van der Waals surface area contributed by atoms with Crippen molar-refractivity contribution in [1.29, 1.82) is 0 Å².